The Morgan fingerprint density at radius 3 is 1.81 bits per heavy atom. The number of anilines is 3. The molecule has 54 heavy (non-hydrogen) atoms. The van der Waals surface area contributed by atoms with Crippen molar-refractivity contribution in [3.63, 3.8) is 0 Å². The Bertz CT molecular complexity index is 3240. The van der Waals surface area contributed by atoms with Gasteiger partial charge in [0.1, 0.15) is 11.2 Å². The van der Waals surface area contributed by atoms with E-state index in [0.29, 0.717) is 0 Å². The number of furan rings is 1. The average Bonchev–Trinajstić information content (AvgIpc) is 3.95. The van der Waals surface area contributed by atoms with E-state index in [4.69, 9.17) is 4.42 Å². The van der Waals surface area contributed by atoms with Crippen LogP contribution in [0.3, 0.4) is 0 Å². The maximum absolute atomic E-state index is 6.47. The zero-order chi connectivity index (χ0) is 35.1. The zero-order valence-corrected chi connectivity index (χ0v) is 29.8. The van der Waals surface area contributed by atoms with Crippen molar-refractivity contribution in [2.75, 3.05) is 4.90 Å². The van der Waals surface area contributed by atoms with Crippen molar-refractivity contribution in [3.05, 3.63) is 198 Å². The number of hydrogen-bond acceptors (Lipinski definition) is 3. The van der Waals surface area contributed by atoms with Crippen molar-refractivity contribution < 1.29 is 4.42 Å². The lowest BCUT2D eigenvalue weighted by atomic mass is 9.70. The van der Waals surface area contributed by atoms with Crippen LogP contribution in [0, 0.1) is 0 Å². The molecule has 0 amide bonds. The molecule has 250 valence electrons. The molecule has 0 bridgehead atoms. The van der Waals surface area contributed by atoms with Gasteiger partial charge in [0.25, 0.3) is 0 Å². The summed E-state index contributed by atoms with van der Waals surface area (Å²) in [6.45, 7) is 0. The molecule has 3 heteroatoms. The van der Waals surface area contributed by atoms with Crippen molar-refractivity contribution in [2.45, 2.75) is 5.41 Å². The SMILES string of the molecule is c1ccc2c(c1)-c1cc(N(c3ccc4c(c3)oc3ccccc34)c3ccc4c(c3)sc3ccccc34)ccc1C21c2cccc3ccc4cccc1c4c23. The fourth-order valence-corrected chi connectivity index (χ4v) is 11.2. The molecule has 2 aliphatic carbocycles. The van der Waals surface area contributed by atoms with Gasteiger partial charge in [-0.15, -0.1) is 11.3 Å². The van der Waals surface area contributed by atoms with E-state index in [-0.39, 0.29) is 5.41 Å². The molecule has 9 aromatic carbocycles. The standard InChI is InChI=1S/C51H29NOS/c1-4-14-41-35(11-1)40-27-32(23-26-42(40)51(41)43-15-7-9-30-19-20-31-10-8-16-44(51)50(31)49(30)43)52(33-21-24-37-36-12-2-5-17-45(36)53-46(37)28-33)34-22-25-39-38-13-3-6-18-47(38)54-48(39)29-34/h1-29H. The average molecular weight is 704 g/mol. The van der Waals surface area contributed by atoms with Crippen LogP contribution in [0.25, 0.3) is 74.8 Å². The Balaban J connectivity index is 1.08. The molecule has 0 unspecified atom stereocenters. The maximum Gasteiger partial charge on any atom is 0.137 e. The topological polar surface area (TPSA) is 16.4 Å². The van der Waals surface area contributed by atoms with E-state index in [0.717, 1.165) is 39.0 Å². The van der Waals surface area contributed by atoms with Crippen LogP contribution in [0.2, 0.25) is 0 Å². The third-order valence-electron chi connectivity index (χ3n) is 12.2. The second kappa shape index (κ2) is 10.3. The fraction of sp³-hybridized carbons (Fsp3) is 0.0196. The van der Waals surface area contributed by atoms with Gasteiger partial charge in [0, 0.05) is 54.1 Å². The number of fused-ring (bicyclic) bond motifs is 13. The molecule has 1 spiro atoms. The van der Waals surface area contributed by atoms with Crippen LogP contribution >= 0.6 is 11.3 Å². The predicted molar refractivity (Wildman–Crippen MR) is 227 cm³/mol. The molecular formula is C51H29NOS. The Hall–Kier alpha value is -6.68. The van der Waals surface area contributed by atoms with Gasteiger partial charge in [-0.25, -0.2) is 0 Å². The Morgan fingerprint density at radius 1 is 0.389 bits per heavy atom. The van der Waals surface area contributed by atoms with E-state index < -0.39 is 0 Å². The summed E-state index contributed by atoms with van der Waals surface area (Å²) in [7, 11) is 0. The molecule has 0 fully saturated rings. The van der Waals surface area contributed by atoms with Crippen LogP contribution in [-0.2, 0) is 5.41 Å². The summed E-state index contributed by atoms with van der Waals surface area (Å²) in [5.41, 5.74) is 12.7. The predicted octanol–water partition coefficient (Wildman–Crippen LogP) is 14.4. The summed E-state index contributed by atoms with van der Waals surface area (Å²) in [6.07, 6.45) is 0. The van der Waals surface area contributed by atoms with E-state index in [9.17, 15) is 0 Å². The summed E-state index contributed by atoms with van der Waals surface area (Å²) in [4.78, 5) is 2.41. The van der Waals surface area contributed by atoms with Crippen LogP contribution in [0.4, 0.5) is 17.1 Å². The summed E-state index contributed by atoms with van der Waals surface area (Å²) in [6, 6.07) is 65.3. The van der Waals surface area contributed by atoms with E-state index in [1.165, 1.54) is 75.1 Å². The molecule has 2 aromatic heterocycles. The molecule has 13 rings (SSSR count). The third kappa shape index (κ3) is 3.55. The second-order valence-electron chi connectivity index (χ2n) is 14.8. The zero-order valence-electron chi connectivity index (χ0n) is 29.0. The lowest BCUT2D eigenvalue weighted by Crippen LogP contribution is -2.26. The van der Waals surface area contributed by atoms with Gasteiger partial charge in [0.05, 0.1) is 5.41 Å². The molecule has 11 aromatic rings. The summed E-state index contributed by atoms with van der Waals surface area (Å²) >= 11 is 1.86. The highest BCUT2D eigenvalue weighted by molar-refractivity contribution is 7.25. The molecule has 2 heterocycles. The molecule has 0 N–H and O–H groups in total. The molecule has 2 aliphatic rings. The van der Waals surface area contributed by atoms with Gasteiger partial charge in [-0.3, -0.25) is 0 Å². The van der Waals surface area contributed by atoms with Gasteiger partial charge in [-0.2, -0.15) is 0 Å². The minimum absolute atomic E-state index is 0.388. The third-order valence-corrected chi connectivity index (χ3v) is 13.4. The highest BCUT2D eigenvalue weighted by atomic mass is 32.1. The minimum atomic E-state index is -0.388. The van der Waals surface area contributed by atoms with Gasteiger partial charge in [0.15, 0.2) is 0 Å². The van der Waals surface area contributed by atoms with Crippen molar-refractivity contribution in [1.29, 1.82) is 0 Å². The quantitative estimate of drug-likeness (QED) is 0.170. The van der Waals surface area contributed by atoms with Crippen molar-refractivity contribution >= 4 is 92.1 Å². The number of benzene rings is 9. The Morgan fingerprint density at radius 2 is 0.981 bits per heavy atom. The molecular weight excluding hydrogens is 675 g/mol. The number of rotatable bonds is 3. The van der Waals surface area contributed by atoms with Crippen LogP contribution in [0.1, 0.15) is 22.3 Å². The van der Waals surface area contributed by atoms with Crippen molar-refractivity contribution in [3.8, 4) is 11.1 Å². The number of para-hydroxylation sites is 1. The first-order chi connectivity index (χ1) is 26.8. The largest absolute Gasteiger partial charge is 0.456 e. The van der Waals surface area contributed by atoms with Gasteiger partial charge in [-0.1, -0.05) is 121 Å². The summed E-state index contributed by atoms with van der Waals surface area (Å²) in [5, 5.41) is 10.2. The Kier molecular flexibility index (Phi) is 5.48. The lowest BCUT2D eigenvalue weighted by Gasteiger charge is -2.31. The molecule has 0 radical (unpaired) electrons. The number of hydrogen-bond donors (Lipinski definition) is 0. The highest BCUT2D eigenvalue weighted by Gasteiger charge is 2.50. The van der Waals surface area contributed by atoms with Crippen LogP contribution in [0.15, 0.2) is 180 Å². The van der Waals surface area contributed by atoms with Gasteiger partial charge < -0.3 is 9.32 Å². The smallest absolute Gasteiger partial charge is 0.137 e. The van der Waals surface area contributed by atoms with Crippen LogP contribution in [0.5, 0.6) is 0 Å². The van der Waals surface area contributed by atoms with E-state index in [1.54, 1.807) is 0 Å². The summed E-state index contributed by atoms with van der Waals surface area (Å²) < 4.78 is 9.05. The van der Waals surface area contributed by atoms with Crippen LogP contribution < -0.4 is 4.90 Å². The molecule has 0 atom stereocenters. The highest BCUT2D eigenvalue weighted by Crippen LogP contribution is 2.63. The molecule has 0 saturated heterocycles. The van der Waals surface area contributed by atoms with E-state index in [2.05, 4.69) is 175 Å². The molecule has 0 saturated carbocycles. The van der Waals surface area contributed by atoms with Crippen molar-refractivity contribution in [1.82, 2.24) is 0 Å². The van der Waals surface area contributed by atoms with Gasteiger partial charge in [0.2, 0.25) is 0 Å². The van der Waals surface area contributed by atoms with E-state index in [1.807, 2.05) is 17.4 Å². The monoisotopic (exact) mass is 703 g/mol. The molecule has 0 aliphatic heterocycles. The second-order valence-corrected chi connectivity index (χ2v) is 15.9. The van der Waals surface area contributed by atoms with Crippen LogP contribution in [-0.4, -0.2) is 0 Å². The Labute approximate surface area is 314 Å². The van der Waals surface area contributed by atoms with Gasteiger partial charge >= 0.3 is 0 Å². The fourth-order valence-electron chi connectivity index (χ4n) is 10.1. The normalized spacial score (nSPS) is 13.7. The number of thiophene rings is 1. The van der Waals surface area contributed by atoms with Gasteiger partial charge in [-0.05, 0) is 103 Å². The first-order valence-electron chi connectivity index (χ1n) is 18.6. The minimum Gasteiger partial charge on any atom is -0.456 e. The number of nitrogens with zero attached hydrogens (tertiary/aromatic N) is 1. The van der Waals surface area contributed by atoms with Crippen molar-refractivity contribution in [2.24, 2.45) is 0 Å². The molecule has 2 nitrogen and oxygen atoms in total. The first kappa shape index (κ1) is 28.9. The summed E-state index contributed by atoms with van der Waals surface area (Å²) in [5.74, 6) is 0. The lowest BCUT2D eigenvalue weighted by molar-refractivity contribution is 0.669. The first-order valence-corrected chi connectivity index (χ1v) is 19.4. The van der Waals surface area contributed by atoms with E-state index >= 15 is 0 Å². The maximum atomic E-state index is 6.47.